The van der Waals surface area contributed by atoms with Crippen LogP contribution < -0.4 is 22.1 Å². The number of nitrogens with one attached hydrogen (secondary N) is 2. The van der Waals surface area contributed by atoms with Gasteiger partial charge in [0.2, 0.25) is 17.7 Å². The summed E-state index contributed by atoms with van der Waals surface area (Å²) < 4.78 is 0. The summed E-state index contributed by atoms with van der Waals surface area (Å²) >= 11 is 0. The number of benzene rings is 1. The highest BCUT2D eigenvalue weighted by atomic mass is 16.4. The third-order valence-electron chi connectivity index (χ3n) is 3.72. The standard InChI is InChI=1S/C17H24N4O6/c1-9(22)14(16(25)20-12(17(26)27)8-13(19)23)21-15(24)11(18)7-10-5-3-2-4-6-10/h2-6,9,11-12,14,22H,7-8,18H2,1H3,(H2,19,23)(H,20,25)(H,21,24)(H,26,27). The van der Waals surface area contributed by atoms with Gasteiger partial charge in [-0.25, -0.2) is 4.79 Å². The summed E-state index contributed by atoms with van der Waals surface area (Å²) in [4.78, 5) is 46.5. The molecule has 0 heterocycles. The Kier molecular flexibility index (Phi) is 8.36. The van der Waals surface area contributed by atoms with Crippen LogP contribution in [0.25, 0.3) is 0 Å². The second-order valence-corrected chi connectivity index (χ2v) is 6.09. The molecule has 1 aromatic rings. The minimum atomic E-state index is -1.58. The SMILES string of the molecule is CC(O)C(NC(=O)C(N)Cc1ccccc1)C(=O)NC(CC(N)=O)C(=O)O. The number of aliphatic hydroxyl groups is 1. The second kappa shape index (κ2) is 10.2. The first-order valence-electron chi connectivity index (χ1n) is 8.21. The van der Waals surface area contributed by atoms with Crippen LogP contribution in [-0.4, -0.2) is 58.1 Å². The molecule has 1 aromatic carbocycles. The zero-order chi connectivity index (χ0) is 20.6. The number of carbonyl (C=O) groups is 4. The smallest absolute Gasteiger partial charge is 0.326 e. The molecule has 4 unspecified atom stereocenters. The molecule has 1 rings (SSSR count). The van der Waals surface area contributed by atoms with Gasteiger partial charge in [0.15, 0.2) is 0 Å². The maximum Gasteiger partial charge on any atom is 0.326 e. The summed E-state index contributed by atoms with van der Waals surface area (Å²) in [5.41, 5.74) is 11.6. The van der Waals surface area contributed by atoms with Crippen molar-refractivity contribution in [2.45, 2.75) is 44.0 Å². The molecule has 0 radical (unpaired) electrons. The van der Waals surface area contributed by atoms with E-state index in [1.807, 2.05) is 6.07 Å². The van der Waals surface area contributed by atoms with Gasteiger partial charge in [-0.05, 0) is 18.9 Å². The van der Waals surface area contributed by atoms with Crippen molar-refractivity contribution in [2.24, 2.45) is 11.5 Å². The van der Waals surface area contributed by atoms with Gasteiger partial charge >= 0.3 is 5.97 Å². The van der Waals surface area contributed by atoms with Crippen LogP contribution in [0.2, 0.25) is 0 Å². The predicted molar refractivity (Wildman–Crippen MR) is 95.1 cm³/mol. The molecule has 10 nitrogen and oxygen atoms in total. The summed E-state index contributed by atoms with van der Waals surface area (Å²) in [6.07, 6.45) is -1.75. The van der Waals surface area contributed by atoms with Crippen molar-refractivity contribution in [1.29, 1.82) is 0 Å². The van der Waals surface area contributed by atoms with Gasteiger partial charge < -0.3 is 32.3 Å². The highest BCUT2D eigenvalue weighted by Crippen LogP contribution is 2.03. The zero-order valence-corrected chi connectivity index (χ0v) is 14.8. The van der Waals surface area contributed by atoms with Gasteiger partial charge in [-0.15, -0.1) is 0 Å². The van der Waals surface area contributed by atoms with Crippen LogP contribution in [-0.2, 0) is 25.6 Å². The lowest BCUT2D eigenvalue weighted by molar-refractivity contribution is -0.144. The van der Waals surface area contributed by atoms with Crippen molar-refractivity contribution in [1.82, 2.24) is 10.6 Å². The number of rotatable bonds is 10. The van der Waals surface area contributed by atoms with Crippen LogP contribution >= 0.6 is 0 Å². The van der Waals surface area contributed by atoms with Gasteiger partial charge in [-0.2, -0.15) is 0 Å². The molecule has 0 aromatic heterocycles. The summed E-state index contributed by atoms with van der Waals surface area (Å²) in [7, 11) is 0. The zero-order valence-electron chi connectivity index (χ0n) is 14.8. The van der Waals surface area contributed by atoms with Crippen molar-refractivity contribution in [2.75, 3.05) is 0 Å². The van der Waals surface area contributed by atoms with Gasteiger partial charge in [0, 0.05) is 0 Å². The number of aliphatic carboxylic acids is 1. The van der Waals surface area contributed by atoms with Gasteiger partial charge in [-0.1, -0.05) is 30.3 Å². The fourth-order valence-electron chi connectivity index (χ4n) is 2.29. The molecule has 0 aliphatic heterocycles. The third-order valence-corrected chi connectivity index (χ3v) is 3.72. The number of primary amides is 1. The monoisotopic (exact) mass is 380 g/mol. The molecule has 0 aliphatic carbocycles. The van der Waals surface area contributed by atoms with E-state index < -0.39 is 54.3 Å². The first kappa shape index (κ1) is 22.1. The molecule has 0 spiro atoms. The Bertz CT molecular complexity index is 679. The van der Waals surface area contributed by atoms with E-state index in [1.165, 1.54) is 6.92 Å². The molecular formula is C17H24N4O6. The molecule has 0 saturated carbocycles. The van der Waals surface area contributed by atoms with E-state index in [9.17, 15) is 24.3 Å². The lowest BCUT2D eigenvalue weighted by Crippen LogP contribution is -2.58. The number of carbonyl (C=O) groups excluding carboxylic acids is 3. The Balaban J connectivity index is 2.76. The number of aliphatic hydroxyl groups excluding tert-OH is 1. The number of nitrogens with two attached hydrogens (primary N) is 2. The van der Waals surface area contributed by atoms with Crippen molar-refractivity contribution in [3.05, 3.63) is 35.9 Å². The molecule has 27 heavy (non-hydrogen) atoms. The third kappa shape index (κ3) is 7.42. The van der Waals surface area contributed by atoms with Crippen molar-refractivity contribution < 1.29 is 29.4 Å². The molecule has 0 saturated heterocycles. The Hall–Kier alpha value is -2.98. The average Bonchev–Trinajstić information content (AvgIpc) is 2.58. The fourth-order valence-corrected chi connectivity index (χ4v) is 2.29. The van der Waals surface area contributed by atoms with E-state index in [0.29, 0.717) is 0 Å². The lowest BCUT2D eigenvalue weighted by atomic mass is 10.0. The van der Waals surface area contributed by atoms with Crippen LogP contribution in [0, 0.1) is 0 Å². The molecule has 0 bridgehead atoms. The largest absolute Gasteiger partial charge is 0.480 e. The van der Waals surface area contributed by atoms with Crippen LogP contribution in [0.5, 0.6) is 0 Å². The molecular weight excluding hydrogens is 356 g/mol. The number of hydrogen-bond donors (Lipinski definition) is 6. The van der Waals surface area contributed by atoms with Gasteiger partial charge in [0.05, 0.1) is 18.6 Å². The normalized spacial score (nSPS) is 15.1. The molecule has 0 fully saturated rings. The summed E-state index contributed by atoms with van der Waals surface area (Å²) in [6, 6.07) is 4.95. The van der Waals surface area contributed by atoms with Crippen molar-refractivity contribution in [3.8, 4) is 0 Å². The summed E-state index contributed by atoms with van der Waals surface area (Å²) in [5, 5.41) is 23.2. The molecule has 10 heteroatoms. The maximum absolute atomic E-state index is 12.3. The van der Waals surface area contributed by atoms with E-state index in [0.717, 1.165) is 5.56 Å². The van der Waals surface area contributed by atoms with E-state index >= 15 is 0 Å². The second-order valence-electron chi connectivity index (χ2n) is 6.09. The Morgan fingerprint density at radius 3 is 2.15 bits per heavy atom. The molecule has 148 valence electrons. The first-order valence-corrected chi connectivity index (χ1v) is 8.21. The Labute approximate surface area is 155 Å². The number of hydrogen-bond acceptors (Lipinski definition) is 6. The van der Waals surface area contributed by atoms with Gasteiger partial charge in [0.1, 0.15) is 12.1 Å². The van der Waals surface area contributed by atoms with Crippen molar-refractivity contribution >= 4 is 23.7 Å². The molecule has 0 aliphatic rings. The van der Waals surface area contributed by atoms with Crippen LogP contribution in [0.1, 0.15) is 18.9 Å². The van der Waals surface area contributed by atoms with Crippen LogP contribution in [0.4, 0.5) is 0 Å². The van der Waals surface area contributed by atoms with E-state index in [2.05, 4.69) is 10.6 Å². The molecule has 4 atom stereocenters. The number of carboxylic acid groups (broad SMARTS) is 1. The topological polar surface area (TPSA) is 185 Å². The highest BCUT2D eigenvalue weighted by Gasteiger charge is 2.31. The summed E-state index contributed by atoms with van der Waals surface area (Å²) in [5.74, 6) is -4.07. The molecule has 8 N–H and O–H groups in total. The summed E-state index contributed by atoms with van der Waals surface area (Å²) in [6.45, 7) is 1.25. The van der Waals surface area contributed by atoms with Gasteiger partial charge in [-0.3, -0.25) is 14.4 Å². The number of amides is 3. The maximum atomic E-state index is 12.3. The minimum absolute atomic E-state index is 0.209. The Morgan fingerprint density at radius 2 is 1.67 bits per heavy atom. The Morgan fingerprint density at radius 1 is 1.07 bits per heavy atom. The lowest BCUT2D eigenvalue weighted by Gasteiger charge is -2.24. The highest BCUT2D eigenvalue weighted by molar-refractivity contribution is 5.93. The van der Waals surface area contributed by atoms with Crippen LogP contribution in [0.3, 0.4) is 0 Å². The van der Waals surface area contributed by atoms with E-state index in [4.69, 9.17) is 16.6 Å². The first-order chi connectivity index (χ1) is 12.6. The molecule has 3 amide bonds. The average molecular weight is 380 g/mol. The predicted octanol–water partition coefficient (Wildman–Crippen LogP) is -2.13. The van der Waals surface area contributed by atoms with E-state index in [-0.39, 0.29) is 6.42 Å². The fraction of sp³-hybridized carbons (Fsp3) is 0.412. The van der Waals surface area contributed by atoms with Crippen molar-refractivity contribution in [3.63, 3.8) is 0 Å². The number of carboxylic acids is 1. The minimum Gasteiger partial charge on any atom is -0.480 e. The van der Waals surface area contributed by atoms with Crippen LogP contribution in [0.15, 0.2) is 30.3 Å². The van der Waals surface area contributed by atoms with Gasteiger partial charge in [0.25, 0.3) is 0 Å². The quantitative estimate of drug-likeness (QED) is 0.267. The van der Waals surface area contributed by atoms with E-state index in [1.54, 1.807) is 24.3 Å².